The second-order valence-electron chi connectivity index (χ2n) is 3.96. The van der Waals surface area contributed by atoms with Crippen LogP contribution in [-0.2, 0) is 13.3 Å². The highest BCUT2D eigenvalue weighted by molar-refractivity contribution is 6.60. The Balaban J connectivity index is 4.26. The Labute approximate surface area is 106 Å². The predicted molar refractivity (Wildman–Crippen MR) is 70.3 cm³/mol. The number of azo groups is 1. The Hall–Kier alpha value is -0.303. The summed E-state index contributed by atoms with van der Waals surface area (Å²) >= 11 is 0. The van der Waals surface area contributed by atoms with Crippen LogP contribution in [0.15, 0.2) is 10.2 Å². The van der Waals surface area contributed by atoms with Crippen LogP contribution in [-0.4, -0.2) is 43.2 Å². The lowest BCUT2D eigenvalue weighted by Gasteiger charge is -2.27. The average Bonchev–Trinajstić information content (AvgIpc) is 2.39. The Bertz CT molecular complexity index is 203. The van der Waals surface area contributed by atoms with Crippen molar-refractivity contribution in [2.24, 2.45) is 16.1 Å². The van der Waals surface area contributed by atoms with E-state index in [1.54, 1.807) is 21.3 Å². The lowest BCUT2D eigenvalue weighted by atomic mass is 10.1. The van der Waals surface area contributed by atoms with Crippen molar-refractivity contribution in [1.29, 1.82) is 0 Å². The summed E-state index contributed by atoms with van der Waals surface area (Å²) < 4.78 is 16.3. The highest BCUT2D eigenvalue weighted by atomic mass is 28.4. The fraction of sp³-hybridized carbons (Fsp3) is 1.00. The summed E-state index contributed by atoms with van der Waals surface area (Å²) in [6.45, 7) is 5.76. The number of hydrogen-bond donors (Lipinski definition) is 0. The molecule has 0 aromatic rings. The van der Waals surface area contributed by atoms with Crippen LogP contribution < -0.4 is 0 Å². The van der Waals surface area contributed by atoms with E-state index in [1.165, 1.54) is 0 Å². The molecule has 0 aromatic carbocycles. The summed E-state index contributed by atoms with van der Waals surface area (Å²) in [5, 5.41) is 8.30. The molecule has 0 heterocycles. The molecule has 0 saturated heterocycles. The van der Waals surface area contributed by atoms with Gasteiger partial charge in [0, 0.05) is 27.4 Å². The minimum absolute atomic E-state index is 0.405. The Morgan fingerprint density at radius 2 is 1.59 bits per heavy atom. The molecule has 6 heteroatoms. The van der Waals surface area contributed by atoms with Crippen molar-refractivity contribution in [2.45, 2.75) is 32.7 Å². The molecule has 0 aliphatic carbocycles. The first-order valence-corrected chi connectivity index (χ1v) is 8.09. The standard InChI is InChI=1S/C11H26N2O3Si/c1-6-8-12-13-9-11(7-2)10-17(14-3,15-4)16-5/h11H,6-10H2,1-5H3. The summed E-state index contributed by atoms with van der Waals surface area (Å²) in [6, 6.07) is 0.790. The van der Waals surface area contributed by atoms with Crippen LogP contribution in [0.2, 0.25) is 6.04 Å². The van der Waals surface area contributed by atoms with Gasteiger partial charge in [-0.25, -0.2) is 0 Å². The maximum atomic E-state index is 5.42. The van der Waals surface area contributed by atoms with Gasteiger partial charge in [0.1, 0.15) is 0 Å². The summed E-state index contributed by atoms with van der Waals surface area (Å²) in [6.07, 6.45) is 2.06. The van der Waals surface area contributed by atoms with Crippen LogP contribution in [0.5, 0.6) is 0 Å². The van der Waals surface area contributed by atoms with E-state index in [2.05, 4.69) is 24.1 Å². The van der Waals surface area contributed by atoms with Gasteiger partial charge in [-0.2, -0.15) is 10.2 Å². The molecular weight excluding hydrogens is 236 g/mol. The van der Waals surface area contributed by atoms with Crippen LogP contribution in [0, 0.1) is 5.92 Å². The van der Waals surface area contributed by atoms with Crippen molar-refractivity contribution in [2.75, 3.05) is 34.4 Å². The van der Waals surface area contributed by atoms with Gasteiger partial charge in [0.25, 0.3) is 0 Å². The third-order valence-corrected chi connectivity index (χ3v) is 5.76. The average molecular weight is 262 g/mol. The van der Waals surface area contributed by atoms with Crippen LogP contribution in [0.3, 0.4) is 0 Å². The topological polar surface area (TPSA) is 52.4 Å². The number of rotatable bonds is 10. The van der Waals surface area contributed by atoms with E-state index in [1.807, 2.05) is 0 Å². The second-order valence-corrected chi connectivity index (χ2v) is 6.96. The fourth-order valence-electron chi connectivity index (χ4n) is 1.54. The van der Waals surface area contributed by atoms with E-state index < -0.39 is 8.80 Å². The molecule has 17 heavy (non-hydrogen) atoms. The van der Waals surface area contributed by atoms with Gasteiger partial charge in [0.15, 0.2) is 0 Å². The zero-order valence-corrected chi connectivity index (χ0v) is 12.7. The van der Waals surface area contributed by atoms with Crippen molar-refractivity contribution in [3.63, 3.8) is 0 Å². The maximum Gasteiger partial charge on any atom is 0.500 e. The first-order valence-electron chi connectivity index (χ1n) is 6.16. The van der Waals surface area contributed by atoms with Gasteiger partial charge in [0.2, 0.25) is 0 Å². The fourth-order valence-corrected chi connectivity index (χ4v) is 3.66. The second kappa shape index (κ2) is 9.70. The van der Waals surface area contributed by atoms with Crippen molar-refractivity contribution < 1.29 is 13.3 Å². The van der Waals surface area contributed by atoms with Gasteiger partial charge < -0.3 is 13.3 Å². The van der Waals surface area contributed by atoms with Gasteiger partial charge in [0.05, 0.1) is 13.1 Å². The molecule has 5 nitrogen and oxygen atoms in total. The van der Waals surface area contributed by atoms with E-state index in [0.29, 0.717) is 5.92 Å². The van der Waals surface area contributed by atoms with Crippen molar-refractivity contribution in [3.05, 3.63) is 0 Å². The van der Waals surface area contributed by atoms with Gasteiger partial charge in [-0.3, -0.25) is 0 Å². The van der Waals surface area contributed by atoms with E-state index in [0.717, 1.165) is 32.0 Å². The first-order chi connectivity index (χ1) is 8.17. The minimum Gasteiger partial charge on any atom is -0.377 e. The molecule has 0 N–H and O–H groups in total. The first kappa shape index (κ1) is 16.7. The lowest BCUT2D eigenvalue weighted by Crippen LogP contribution is -2.44. The highest BCUT2D eigenvalue weighted by Crippen LogP contribution is 2.22. The summed E-state index contributed by atoms with van der Waals surface area (Å²) in [5.41, 5.74) is 0. The van der Waals surface area contributed by atoms with Gasteiger partial charge in [-0.05, 0) is 12.3 Å². The molecule has 0 aliphatic rings. The molecule has 0 amide bonds. The zero-order valence-electron chi connectivity index (χ0n) is 11.7. The summed E-state index contributed by atoms with van der Waals surface area (Å²) in [7, 11) is 2.46. The normalized spacial score (nSPS) is 14.4. The summed E-state index contributed by atoms with van der Waals surface area (Å²) in [5.74, 6) is 0.405. The molecule has 0 rings (SSSR count). The van der Waals surface area contributed by atoms with E-state index in [-0.39, 0.29) is 0 Å². The SMILES string of the molecule is CCCN=NCC(CC)C[Si](OC)(OC)OC. The molecule has 102 valence electrons. The molecule has 1 unspecified atom stereocenters. The maximum absolute atomic E-state index is 5.42. The summed E-state index contributed by atoms with van der Waals surface area (Å²) in [4.78, 5) is 0. The van der Waals surface area contributed by atoms with Crippen LogP contribution in [0.25, 0.3) is 0 Å². The molecule has 0 fully saturated rings. The quantitative estimate of drug-likeness (QED) is 0.449. The zero-order chi connectivity index (χ0) is 13.1. The molecular formula is C11H26N2O3Si. The molecule has 0 aromatic heterocycles. The smallest absolute Gasteiger partial charge is 0.377 e. The largest absolute Gasteiger partial charge is 0.500 e. The Morgan fingerprint density at radius 1 is 1.00 bits per heavy atom. The van der Waals surface area contributed by atoms with E-state index in [4.69, 9.17) is 13.3 Å². The van der Waals surface area contributed by atoms with Crippen LogP contribution in [0.1, 0.15) is 26.7 Å². The van der Waals surface area contributed by atoms with Crippen molar-refractivity contribution in [3.8, 4) is 0 Å². The molecule has 0 bridgehead atoms. The number of nitrogens with zero attached hydrogens (tertiary/aromatic N) is 2. The molecule has 0 radical (unpaired) electrons. The van der Waals surface area contributed by atoms with Gasteiger partial charge >= 0.3 is 8.80 Å². The molecule has 0 aliphatic heterocycles. The lowest BCUT2D eigenvalue weighted by molar-refractivity contribution is 0.118. The minimum atomic E-state index is -2.47. The predicted octanol–water partition coefficient (Wildman–Crippen LogP) is 2.75. The van der Waals surface area contributed by atoms with Gasteiger partial charge in [-0.15, -0.1) is 0 Å². The van der Waals surface area contributed by atoms with E-state index in [9.17, 15) is 0 Å². The van der Waals surface area contributed by atoms with Crippen molar-refractivity contribution >= 4 is 8.80 Å². The monoisotopic (exact) mass is 262 g/mol. The Morgan fingerprint density at radius 3 is 2.00 bits per heavy atom. The van der Waals surface area contributed by atoms with E-state index >= 15 is 0 Å². The number of hydrogen-bond acceptors (Lipinski definition) is 5. The molecule has 1 atom stereocenters. The Kier molecular flexibility index (Phi) is 9.53. The molecule has 0 spiro atoms. The van der Waals surface area contributed by atoms with Gasteiger partial charge in [-0.1, -0.05) is 20.3 Å². The highest BCUT2D eigenvalue weighted by Gasteiger charge is 2.39. The van der Waals surface area contributed by atoms with Crippen molar-refractivity contribution in [1.82, 2.24) is 0 Å². The van der Waals surface area contributed by atoms with Crippen LogP contribution in [0.4, 0.5) is 0 Å². The van der Waals surface area contributed by atoms with Crippen LogP contribution >= 0.6 is 0 Å². The third-order valence-electron chi connectivity index (χ3n) is 2.81. The third kappa shape index (κ3) is 6.26. The molecule has 0 saturated carbocycles.